The average Bonchev–Trinajstić information content (AvgIpc) is 2.08. The van der Waals surface area contributed by atoms with Crippen LogP contribution in [-0.2, 0) is 4.79 Å². The summed E-state index contributed by atoms with van der Waals surface area (Å²) in [5, 5.41) is 1.27. The van der Waals surface area contributed by atoms with Gasteiger partial charge in [-0.15, -0.1) is 11.8 Å². The molecule has 1 aromatic carbocycles. The van der Waals surface area contributed by atoms with Gasteiger partial charge in [0.25, 0.3) is 0 Å². The number of ketones is 1. The van der Waals surface area contributed by atoms with Gasteiger partial charge in [-0.05, 0) is 25.1 Å². The maximum absolute atomic E-state index is 10.7. The molecule has 0 saturated heterocycles. The van der Waals surface area contributed by atoms with Crippen LogP contribution in [0.15, 0.2) is 23.1 Å². The van der Waals surface area contributed by atoms with E-state index in [-0.39, 0.29) is 5.78 Å². The van der Waals surface area contributed by atoms with Crippen molar-refractivity contribution in [3.63, 3.8) is 0 Å². The largest absolute Gasteiger partial charge is 0.300 e. The fourth-order valence-electron chi connectivity index (χ4n) is 0.897. The number of hydrogen-bond acceptors (Lipinski definition) is 2. The van der Waals surface area contributed by atoms with Crippen LogP contribution in [0.4, 0.5) is 0 Å². The molecule has 0 aliphatic rings. The molecule has 0 saturated carbocycles. The zero-order valence-corrected chi connectivity index (χ0v) is 10.0. The first-order chi connectivity index (χ1) is 6.59. The molecule has 0 atom stereocenters. The Hall–Kier alpha value is -0.180. The van der Waals surface area contributed by atoms with Crippen LogP contribution in [0.1, 0.15) is 13.3 Å². The molecular formula is C10H10Cl2OS. The van der Waals surface area contributed by atoms with Crippen molar-refractivity contribution in [1.82, 2.24) is 0 Å². The van der Waals surface area contributed by atoms with E-state index in [0.717, 1.165) is 10.6 Å². The topological polar surface area (TPSA) is 17.1 Å². The van der Waals surface area contributed by atoms with Gasteiger partial charge in [-0.1, -0.05) is 23.2 Å². The smallest absolute Gasteiger partial charge is 0.130 e. The summed E-state index contributed by atoms with van der Waals surface area (Å²) in [5.74, 6) is 0.957. The van der Waals surface area contributed by atoms with E-state index in [1.165, 1.54) is 0 Å². The summed E-state index contributed by atoms with van der Waals surface area (Å²) >= 11 is 13.3. The third-order valence-corrected chi connectivity index (χ3v) is 3.34. The normalized spacial score (nSPS) is 10.2. The Bertz CT molecular complexity index is 339. The summed E-state index contributed by atoms with van der Waals surface area (Å²) in [5.41, 5.74) is 0. The van der Waals surface area contributed by atoms with Crippen LogP contribution < -0.4 is 0 Å². The molecule has 1 aromatic rings. The van der Waals surface area contributed by atoms with E-state index >= 15 is 0 Å². The maximum Gasteiger partial charge on any atom is 0.130 e. The SMILES string of the molecule is CC(=O)CCSc1ccc(Cl)cc1Cl. The molecule has 0 unspecified atom stereocenters. The minimum Gasteiger partial charge on any atom is -0.300 e. The zero-order valence-electron chi connectivity index (χ0n) is 7.72. The lowest BCUT2D eigenvalue weighted by atomic mass is 10.3. The van der Waals surface area contributed by atoms with Crippen molar-refractivity contribution in [2.75, 3.05) is 5.75 Å². The standard InChI is InChI=1S/C10H10Cl2OS/c1-7(13)4-5-14-10-3-2-8(11)6-9(10)12/h2-3,6H,4-5H2,1H3. The fraction of sp³-hybridized carbons (Fsp3) is 0.300. The Labute approximate surface area is 97.8 Å². The molecule has 0 aromatic heterocycles. The number of halogens is 2. The van der Waals surface area contributed by atoms with Gasteiger partial charge in [0.1, 0.15) is 5.78 Å². The Morgan fingerprint density at radius 3 is 2.71 bits per heavy atom. The van der Waals surface area contributed by atoms with Crippen molar-refractivity contribution in [2.24, 2.45) is 0 Å². The lowest BCUT2D eigenvalue weighted by Crippen LogP contribution is -1.91. The van der Waals surface area contributed by atoms with E-state index in [1.54, 1.807) is 30.8 Å². The molecule has 0 bridgehead atoms. The van der Waals surface area contributed by atoms with Crippen LogP contribution in [0.5, 0.6) is 0 Å². The lowest BCUT2D eigenvalue weighted by Gasteiger charge is -2.02. The van der Waals surface area contributed by atoms with E-state index in [2.05, 4.69) is 0 Å². The third kappa shape index (κ3) is 3.91. The second-order valence-electron chi connectivity index (χ2n) is 2.88. The number of benzene rings is 1. The second-order valence-corrected chi connectivity index (χ2v) is 4.86. The third-order valence-electron chi connectivity index (χ3n) is 1.61. The van der Waals surface area contributed by atoms with Crippen LogP contribution in [0, 0.1) is 0 Å². The second kappa shape index (κ2) is 5.64. The van der Waals surface area contributed by atoms with Crippen LogP contribution in [0.2, 0.25) is 10.0 Å². The molecule has 14 heavy (non-hydrogen) atoms. The highest BCUT2D eigenvalue weighted by molar-refractivity contribution is 7.99. The first-order valence-electron chi connectivity index (χ1n) is 4.17. The number of Topliss-reactive ketones (excluding diaryl/α,β-unsaturated/α-hetero) is 1. The van der Waals surface area contributed by atoms with Crippen molar-refractivity contribution in [3.05, 3.63) is 28.2 Å². The summed E-state index contributed by atoms with van der Waals surface area (Å²) in [7, 11) is 0. The van der Waals surface area contributed by atoms with Crippen molar-refractivity contribution in [1.29, 1.82) is 0 Å². The van der Waals surface area contributed by atoms with E-state index in [0.29, 0.717) is 16.5 Å². The predicted molar refractivity (Wildman–Crippen MR) is 62.5 cm³/mol. The van der Waals surface area contributed by atoms with Gasteiger partial charge in [0.05, 0.1) is 5.02 Å². The molecule has 1 rings (SSSR count). The minimum absolute atomic E-state index is 0.197. The van der Waals surface area contributed by atoms with Gasteiger partial charge >= 0.3 is 0 Å². The van der Waals surface area contributed by atoms with E-state index in [9.17, 15) is 4.79 Å². The van der Waals surface area contributed by atoms with Gasteiger partial charge in [0.2, 0.25) is 0 Å². The van der Waals surface area contributed by atoms with Crippen molar-refractivity contribution < 1.29 is 4.79 Å². The summed E-state index contributed by atoms with van der Waals surface area (Å²) in [6.45, 7) is 1.59. The van der Waals surface area contributed by atoms with Gasteiger partial charge in [0.15, 0.2) is 0 Å². The predicted octanol–water partition coefficient (Wildman–Crippen LogP) is 4.06. The van der Waals surface area contributed by atoms with Crippen molar-refractivity contribution in [2.45, 2.75) is 18.2 Å². The zero-order chi connectivity index (χ0) is 10.6. The number of carbonyl (C=O) groups excluding carboxylic acids is 1. The van der Waals surface area contributed by atoms with Crippen LogP contribution >= 0.6 is 35.0 Å². The Balaban J connectivity index is 2.55. The van der Waals surface area contributed by atoms with Gasteiger partial charge in [-0.2, -0.15) is 0 Å². The van der Waals surface area contributed by atoms with Gasteiger partial charge in [-0.25, -0.2) is 0 Å². The Morgan fingerprint density at radius 1 is 1.43 bits per heavy atom. The highest BCUT2D eigenvalue weighted by atomic mass is 35.5. The number of thioether (sulfide) groups is 1. The summed E-state index contributed by atoms with van der Waals surface area (Å²) in [4.78, 5) is 11.7. The fourth-order valence-corrected chi connectivity index (χ4v) is 2.44. The molecule has 0 aliphatic carbocycles. The first kappa shape index (κ1) is 11.9. The molecule has 0 fully saturated rings. The molecule has 76 valence electrons. The molecule has 0 spiro atoms. The first-order valence-corrected chi connectivity index (χ1v) is 5.91. The minimum atomic E-state index is 0.197. The van der Waals surface area contributed by atoms with Crippen LogP contribution in [0.3, 0.4) is 0 Å². The lowest BCUT2D eigenvalue weighted by molar-refractivity contribution is -0.116. The molecule has 1 nitrogen and oxygen atoms in total. The van der Waals surface area contributed by atoms with E-state index in [4.69, 9.17) is 23.2 Å². The van der Waals surface area contributed by atoms with Crippen molar-refractivity contribution in [3.8, 4) is 0 Å². The average molecular weight is 249 g/mol. The highest BCUT2D eigenvalue weighted by Crippen LogP contribution is 2.29. The molecule has 0 aliphatic heterocycles. The summed E-state index contributed by atoms with van der Waals surface area (Å²) in [6, 6.07) is 5.37. The Kier molecular flexibility index (Phi) is 4.79. The van der Waals surface area contributed by atoms with Crippen LogP contribution in [0.25, 0.3) is 0 Å². The molecule has 4 heteroatoms. The quantitative estimate of drug-likeness (QED) is 0.748. The molecule has 0 heterocycles. The monoisotopic (exact) mass is 248 g/mol. The summed E-state index contributed by atoms with van der Waals surface area (Å²) in [6.07, 6.45) is 0.573. The van der Waals surface area contributed by atoms with Gasteiger partial charge in [-0.3, -0.25) is 4.79 Å². The van der Waals surface area contributed by atoms with Gasteiger partial charge in [0, 0.05) is 22.1 Å². The van der Waals surface area contributed by atoms with Crippen molar-refractivity contribution >= 4 is 40.7 Å². The maximum atomic E-state index is 10.7. The van der Waals surface area contributed by atoms with E-state index < -0.39 is 0 Å². The van der Waals surface area contributed by atoms with E-state index in [1.807, 2.05) is 6.07 Å². The highest BCUT2D eigenvalue weighted by Gasteiger charge is 2.02. The molecule has 0 radical (unpaired) electrons. The number of carbonyl (C=O) groups is 1. The van der Waals surface area contributed by atoms with Crippen LogP contribution in [-0.4, -0.2) is 11.5 Å². The molecular weight excluding hydrogens is 239 g/mol. The number of hydrogen-bond donors (Lipinski definition) is 0. The van der Waals surface area contributed by atoms with Gasteiger partial charge < -0.3 is 0 Å². The summed E-state index contributed by atoms with van der Waals surface area (Å²) < 4.78 is 0. The Morgan fingerprint density at radius 2 is 2.14 bits per heavy atom. The molecule has 0 amide bonds. The number of rotatable bonds is 4. The molecule has 0 N–H and O–H groups in total.